The van der Waals surface area contributed by atoms with Crippen LogP contribution in [0.1, 0.15) is 62.6 Å². The zero-order valence-electron chi connectivity index (χ0n) is 12.1. The molecule has 1 saturated heterocycles. The highest BCUT2D eigenvalue weighted by molar-refractivity contribution is 5.04. The average Bonchev–Trinajstić information content (AvgIpc) is 3.23. The van der Waals surface area contributed by atoms with Gasteiger partial charge in [0, 0.05) is 31.1 Å². The van der Waals surface area contributed by atoms with Gasteiger partial charge < -0.3 is 9.84 Å². The van der Waals surface area contributed by atoms with Gasteiger partial charge in [-0.1, -0.05) is 24.4 Å². The summed E-state index contributed by atoms with van der Waals surface area (Å²) >= 11 is 0. The second-order valence-corrected chi connectivity index (χ2v) is 6.71. The molecule has 0 bridgehead atoms. The SMILES string of the molecule is C1CCC2(CC1)CNCCN2Cc1noc(C2CC2)n1. The Morgan fingerprint density at radius 1 is 1.25 bits per heavy atom. The maximum atomic E-state index is 5.40. The number of nitrogens with zero attached hydrogens (tertiary/aromatic N) is 3. The van der Waals surface area contributed by atoms with Crippen molar-refractivity contribution in [2.75, 3.05) is 19.6 Å². The van der Waals surface area contributed by atoms with Gasteiger partial charge in [-0.3, -0.25) is 4.90 Å². The van der Waals surface area contributed by atoms with Crippen molar-refractivity contribution in [2.45, 2.75) is 62.9 Å². The number of hydrogen-bond donors (Lipinski definition) is 1. The summed E-state index contributed by atoms with van der Waals surface area (Å²) in [6.07, 6.45) is 9.18. The number of nitrogens with one attached hydrogen (secondary N) is 1. The van der Waals surface area contributed by atoms with Crippen LogP contribution in [-0.2, 0) is 6.54 Å². The minimum absolute atomic E-state index is 0.344. The standard InChI is InChI=1S/C15H24N4O/c1-2-6-15(7-3-1)11-16-8-9-19(15)10-13-17-14(20-18-13)12-4-5-12/h12,16H,1-11H2. The molecule has 1 aliphatic heterocycles. The Morgan fingerprint density at radius 2 is 2.10 bits per heavy atom. The number of hydrogen-bond acceptors (Lipinski definition) is 5. The third-order valence-electron chi connectivity index (χ3n) is 5.21. The van der Waals surface area contributed by atoms with Gasteiger partial charge in [-0.15, -0.1) is 0 Å². The van der Waals surface area contributed by atoms with Crippen LogP contribution < -0.4 is 5.32 Å². The molecule has 20 heavy (non-hydrogen) atoms. The van der Waals surface area contributed by atoms with Gasteiger partial charge in [0.1, 0.15) is 0 Å². The quantitative estimate of drug-likeness (QED) is 0.915. The summed E-state index contributed by atoms with van der Waals surface area (Å²) in [4.78, 5) is 7.22. The first kappa shape index (κ1) is 12.8. The van der Waals surface area contributed by atoms with Gasteiger partial charge >= 0.3 is 0 Å². The van der Waals surface area contributed by atoms with Crippen molar-refractivity contribution in [2.24, 2.45) is 0 Å². The molecule has 2 saturated carbocycles. The van der Waals surface area contributed by atoms with E-state index >= 15 is 0 Å². The lowest BCUT2D eigenvalue weighted by Crippen LogP contribution is -2.61. The van der Waals surface area contributed by atoms with Crippen molar-refractivity contribution in [1.82, 2.24) is 20.4 Å². The second kappa shape index (κ2) is 5.11. The predicted molar refractivity (Wildman–Crippen MR) is 75.4 cm³/mol. The molecule has 0 amide bonds. The fraction of sp³-hybridized carbons (Fsp3) is 0.867. The van der Waals surface area contributed by atoms with E-state index in [1.54, 1.807) is 0 Å². The minimum Gasteiger partial charge on any atom is -0.339 e. The lowest BCUT2D eigenvalue weighted by Gasteiger charge is -2.49. The highest BCUT2D eigenvalue weighted by Gasteiger charge is 2.40. The number of aromatic nitrogens is 2. The first-order valence-electron chi connectivity index (χ1n) is 8.14. The van der Waals surface area contributed by atoms with Crippen LogP contribution in [-0.4, -0.2) is 40.2 Å². The molecule has 4 rings (SSSR count). The first-order chi connectivity index (χ1) is 9.86. The molecule has 1 spiro atoms. The zero-order valence-corrected chi connectivity index (χ0v) is 12.1. The molecule has 5 nitrogen and oxygen atoms in total. The Morgan fingerprint density at radius 3 is 2.90 bits per heavy atom. The highest BCUT2D eigenvalue weighted by atomic mass is 16.5. The Kier molecular flexibility index (Phi) is 3.27. The monoisotopic (exact) mass is 276 g/mol. The van der Waals surface area contributed by atoms with Crippen LogP contribution in [0.3, 0.4) is 0 Å². The smallest absolute Gasteiger partial charge is 0.229 e. The summed E-state index contributed by atoms with van der Waals surface area (Å²) in [5, 5.41) is 7.79. The van der Waals surface area contributed by atoms with E-state index in [1.807, 2.05) is 0 Å². The number of rotatable bonds is 3. The minimum atomic E-state index is 0.344. The van der Waals surface area contributed by atoms with E-state index in [1.165, 1.54) is 44.9 Å². The molecule has 0 atom stereocenters. The molecule has 3 aliphatic rings. The van der Waals surface area contributed by atoms with Crippen LogP contribution in [0.25, 0.3) is 0 Å². The molecule has 2 heterocycles. The molecule has 110 valence electrons. The third kappa shape index (κ3) is 2.37. The van der Waals surface area contributed by atoms with Gasteiger partial charge in [-0.05, 0) is 25.7 Å². The van der Waals surface area contributed by atoms with Crippen LogP contribution >= 0.6 is 0 Å². The zero-order chi connectivity index (χ0) is 13.4. The molecule has 0 radical (unpaired) electrons. The van der Waals surface area contributed by atoms with E-state index in [0.29, 0.717) is 11.5 Å². The molecular weight excluding hydrogens is 252 g/mol. The van der Waals surface area contributed by atoms with Gasteiger partial charge in [-0.25, -0.2) is 0 Å². The van der Waals surface area contributed by atoms with Crippen LogP contribution in [0.15, 0.2) is 4.52 Å². The van der Waals surface area contributed by atoms with Crippen molar-refractivity contribution in [1.29, 1.82) is 0 Å². The molecule has 2 aliphatic carbocycles. The largest absolute Gasteiger partial charge is 0.339 e. The summed E-state index contributed by atoms with van der Waals surface area (Å²) < 4.78 is 5.40. The Labute approximate surface area is 120 Å². The topological polar surface area (TPSA) is 54.2 Å². The summed E-state index contributed by atoms with van der Waals surface area (Å²) in [6.45, 7) is 4.17. The molecule has 1 N–H and O–H groups in total. The molecule has 1 aromatic heterocycles. The predicted octanol–water partition coefficient (Wildman–Crippen LogP) is 2.06. The molecular formula is C15H24N4O. The summed E-state index contributed by atoms with van der Waals surface area (Å²) in [5.41, 5.74) is 0.344. The van der Waals surface area contributed by atoms with Crippen molar-refractivity contribution in [3.63, 3.8) is 0 Å². The van der Waals surface area contributed by atoms with Crippen LogP contribution in [0.2, 0.25) is 0 Å². The lowest BCUT2D eigenvalue weighted by molar-refractivity contribution is 0.0184. The molecule has 5 heteroatoms. The van der Waals surface area contributed by atoms with Crippen molar-refractivity contribution in [3.05, 3.63) is 11.7 Å². The maximum Gasteiger partial charge on any atom is 0.229 e. The number of piperazine rings is 1. The third-order valence-corrected chi connectivity index (χ3v) is 5.21. The molecule has 1 aromatic rings. The van der Waals surface area contributed by atoms with Gasteiger partial charge in [0.2, 0.25) is 5.89 Å². The van der Waals surface area contributed by atoms with E-state index < -0.39 is 0 Å². The van der Waals surface area contributed by atoms with Crippen LogP contribution in [0, 0.1) is 0 Å². The summed E-state index contributed by atoms with van der Waals surface area (Å²) in [5.74, 6) is 2.31. The van der Waals surface area contributed by atoms with E-state index in [0.717, 1.165) is 37.9 Å². The van der Waals surface area contributed by atoms with E-state index in [4.69, 9.17) is 4.52 Å². The van der Waals surface area contributed by atoms with Crippen LogP contribution in [0.4, 0.5) is 0 Å². The van der Waals surface area contributed by atoms with Crippen molar-refractivity contribution >= 4 is 0 Å². The van der Waals surface area contributed by atoms with Gasteiger partial charge in [0.25, 0.3) is 0 Å². The average molecular weight is 276 g/mol. The molecule has 3 fully saturated rings. The fourth-order valence-corrected chi connectivity index (χ4v) is 3.83. The van der Waals surface area contributed by atoms with E-state index in [-0.39, 0.29) is 0 Å². The van der Waals surface area contributed by atoms with Crippen molar-refractivity contribution < 1.29 is 4.52 Å². The summed E-state index contributed by atoms with van der Waals surface area (Å²) in [6, 6.07) is 0. The fourth-order valence-electron chi connectivity index (χ4n) is 3.83. The normalized spacial score (nSPS) is 27.0. The lowest BCUT2D eigenvalue weighted by atomic mass is 9.79. The van der Waals surface area contributed by atoms with E-state index in [2.05, 4.69) is 20.4 Å². The molecule has 0 unspecified atom stereocenters. The Hall–Kier alpha value is -0.940. The highest BCUT2D eigenvalue weighted by Crippen LogP contribution is 2.39. The first-order valence-corrected chi connectivity index (χ1v) is 8.14. The molecule has 0 aromatic carbocycles. The van der Waals surface area contributed by atoms with Gasteiger partial charge in [-0.2, -0.15) is 4.98 Å². The van der Waals surface area contributed by atoms with Gasteiger partial charge in [0.15, 0.2) is 5.82 Å². The van der Waals surface area contributed by atoms with E-state index in [9.17, 15) is 0 Å². The van der Waals surface area contributed by atoms with Gasteiger partial charge in [0.05, 0.1) is 6.54 Å². The Balaban J connectivity index is 1.49. The second-order valence-electron chi connectivity index (χ2n) is 6.71. The maximum absolute atomic E-state index is 5.40. The van der Waals surface area contributed by atoms with Crippen molar-refractivity contribution in [3.8, 4) is 0 Å². The summed E-state index contributed by atoms with van der Waals surface area (Å²) in [7, 11) is 0. The Bertz CT molecular complexity index is 454. The van der Waals surface area contributed by atoms with Crippen LogP contribution in [0.5, 0.6) is 0 Å².